The molecular formula is C18H23N3O3S. The summed E-state index contributed by atoms with van der Waals surface area (Å²) in [6, 6.07) is 10.6. The van der Waals surface area contributed by atoms with Gasteiger partial charge in [-0.25, -0.2) is 8.42 Å². The molecule has 2 aromatic rings. The van der Waals surface area contributed by atoms with E-state index in [1.54, 1.807) is 35.4 Å². The summed E-state index contributed by atoms with van der Waals surface area (Å²) < 4.78 is 27.0. The lowest BCUT2D eigenvalue weighted by Crippen LogP contribution is -2.50. The molecule has 1 amide bonds. The number of piperazine rings is 1. The van der Waals surface area contributed by atoms with Crippen LogP contribution >= 0.6 is 0 Å². The average Bonchev–Trinajstić information content (AvgIpc) is 3.16. The topological polar surface area (TPSA) is 73.5 Å². The Morgan fingerprint density at radius 3 is 2.20 bits per heavy atom. The molecule has 134 valence electrons. The van der Waals surface area contributed by atoms with Gasteiger partial charge in [0.1, 0.15) is 5.69 Å². The molecule has 1 fully saturated rings. The molecule has 0 radical (unpaired) electrons. The third kappa shape index (κ3) is 3.62. The van der Waals surface area contributed by atoms with Crippen LogP contribution in [0.4, 0.5) is 0 Å². The highest BCUT2D eigenvalue weighted by Crippen LogP contribution is 2.21. The molecular weight excluding hydrogens is 338 g/mol. The zero-order valence-corrected chi connectivity index (χ0v) is 15.3. The van der Waals surface area contributed by atoms with Gasteiger partial charge in [0.2, 0.25) is 10.0 Å². The van der Waals surface area contributed by atoms with E-state index in [9.17, 15) is 13.2 Å². The fourth-order valence-corrected chi connectivity index (χ4v) is 4.36. The highest BCUT2D eigenvalue weighted by Gasteiger charge is 2.30. The van der Waals surface area contributed by atoms with Gasteiger partial charge in [-0.1, -0.05) is 26.0 Å². The standard InChI is InChI=1S/C18H23N3O3S/c1-14(2)15-5-7-16(8-6-15)25(23,24)21-12-10-20(11-13-21)18(22)17-4-3-9-19-17/h3-9,14,19H,10-13H2,1-2H3. The number of sulfonamides is 1. The monoisotopic (exact) mass is 361 g/mol. The van der Waals surface area contributed by atoms with Gasteiger partial charge in [-0.2, -0.15) is 4.31 Å². The molecule has 25 heavy (non-hydrogen) atoms. The molecule has 3 rings (SSSR count). The minimum atomic E-state index is -3.52. The maximum absolute atomic E-state index is 12.8. The first kappa shape index (κ1) is 17.7. The first-order valence-electron chi connectivity index (χ1n) is 8.42. The third-order valence-corrected chi connectivity index (χ3v) is 6.45. The maximum Gasteiger partial charge on any atom is 0.270 e. The summed E-state index contributed by atoms with van der Waals surface area (Å²) in [5.41, 5.74) is 1.64. The minimum absolute atomic E-state index is 0.0941. The van der Waals surface area contributed by atoms with Crippen molar-refractivity contribution < 1.29 is 13.2 Å². The first-order chi connectivity index (χ1) is 11.9. The van der Waals surface area contributed by atoms with Gasteiger partial charge in [0.25, 0.3) is 5.91 Å². The largest absolute Gasteiger partial charge is 0.357 e. The molecule has 1 aliphatic rings. The van der Waals surface area contributed by atoms with Gasteiger partial charge in [0.15, 0.2) is 0 Å². The molecule has 2 heterocycles. The minimum Gasteiger partial charge on any atom is -0.357 e. The fourth-order valence-electron chi connectivity index (χ4n) is 2.94. The van der Waals surface area contributed by atoms with Crippen molar-refractivity contribution in [3.63, 3.8) is 0 Å². The van der Waals surface area contributed by atoms with Gasteiger partial charge in [-0.15, -0.1) is 0 Å². The van der Waals surface area contributed by atoms with E-state index in [2.05, 4.69) is 18.8 Å². The number of nitrogens with zero attached hydrogens (tertiary/aromatic N) is 2. The summed E-state index contributed by atoms with van der Waals surface area (Å²) in [6.07, 6.45) is 1.70. The van der Waals surface area contributed by atoms with E-state index in [0.29, 0.717) is 42.7 Å². The predicted octanol–water partition coefficient (Wildman–Crippen LogP) is 2.28. The van der Waals surface area contributed by atoms with Crippen LogP contribution in [0.2, 0.25) is 0 Å². The molecule has 0 aliphatic carbocycles. The lowest BCUT2D eigenvalue weighted by atomic mass is 10.0. The second-order valence-electron chi connectivity index (χ2n) is 6.50. The molecule has 1 aromatic carbocycles. The van der Waals surface area contributed by atoms with Crippen molar-refractivity contribution >= 4 is 15.9 Å². The van der Waals surface area contributed by atoms with Crippen LogP contribution in [0.15, 0.2) is 47.5 Å². The van der Waals surface area contributed by atoms with Crippen LogP contribution in [0.3, 0.4) is 0 Å². The molecule has 1 N–H and O–H groups in total. The molecule has 6 nitrogen and oxygen atoms in total. The average molecular weight is 361 g/mol. The SMILES string of the molecule is CC(C)c1ccc(S(=O)(=O)N2CCN(C(=O)c3ccc[nH]3)CC2)cc1. The van der Waals surface area contributed by atoms with Crippen molar-refractivity contribution in [1.29, 1.82) is 0 Å². The van der Waals surface area contributed by atoms with Gasteiger partial charge in [-0.3, -0.25) is 4.79 Å². The van der Waals surface area contributed by atoms with Crippen LogP contribution in [0, 0.1) is 0 Å². The smallest absolute Gasteiger partial charge is 0.270 e. The molecule has 1 saturated heterocycles. The molecule has 7 heteroatoms. The summed E-state index contributed by atoms with van der Waals surface area (Å²) in [4.78, 5) is 17.2. The summed E-state index contributed by atoms with van der Waals surface area (Å²) in [7, 11) is -3.52. The quantitative estimate of drug-likeness (QED) is 0.908. The lowest BCUT2D eigenvalue weighted by Gasteiger charge is -2.33. The molecule has 0 bridgehead atoms. The number of amides is 1. The molecule has 1 aliphatic heterocycles. The first-order valence-corrected chi connectivity index (χ1v) is 9.86. The summed E-state index contributed by atoms with van der Waals surface area (Å²) >= 11 is 0. The van der Waals surface area contributed by atoms with Crippen molar-refractivity contribution in [3.8, 4) is 0 Å². The number of carbonyl (C=O) groups is 1. The normalized spacial score (nSPS) is 16.4. The summed E-state index contributed by atoms with van der Waals surface area (Å²) in [6.45, 7) is 5.54. The molecule has 1 aromatic heterocycles. The van der Waals surface area contributed by atoms with Crippen LogP contribution in [-0.2, 0) is 10.0 Å². The van der Waals surface area contributed by atoms with E-state index in [1.807, 2.05) is 12.1 Å². The zero-order valence-electron chi connectivity index (χ0n) is 14.5. The van der Waals surface area contributed by atoms with E-state index in [1.165, 1.54) is 4.31 Å². The van der Waals surface area contributed by atoms with E-state index >= 15 is 0 Å². The van der Waals surface area contributed by atoms with E-state index < -0.39 is 10.0 Å². The van der Waals surface area contributed by atoms with Crippen molar-refractivity contribution in [3.05, 3.63) is 53.9 Å². The Kier molecular flexibility index (Phi) is 4.96. The predicted molar refractivity (Wildman–Crippen MR) is 96.0 cm³/mol. The number of H-pyrrole nitrogens is 1. The Hall–Kier alpha value is -2.12. The number of aromatic amines is 1. The van der Waals surface area contributed by atoms with Crippen molar-refractivity contribution in [1.82, 2.24) is 14.2 Å². The number of aromatic nitrogens is 1. The van der Waals surface area contributed by atoms with Crippen LogP contribution in [0.1, 0.15) is 35.8 Å². The number of carbonyl (C=O) groups excluding carboxylic acids is 1. The fraction of sp³-hybridized carbons (Fsp3) is 0.389. The van der Waals surface area contributed by atoms with Crippen LogP contribution in [0.5, 0.6) is 0 Å². The van der Waals surface area contributed by atoms with E-state index in [4.69, 9.17) is 0 Å². The molecule has 0 saturated carbocycles. The van der Waals surface area contributed by atoms with Crippen LogP contribution < -0.4 is 0 Å². The summed E-state index contributed by atoms with van der Waals surface area (Å²) in [5, 5.41) is 0. The van der Waals surface area contributed by atoms with E-state index in [0.717, 1.165) is 5.56 Å². The second kappa shape index (κ2) is 7.01. The Morgan fingerprint density at radius 1 is 1.04 bits per heavy atom. The van der Waals surface area contributed by atoms with E-state index in [-0.39, 0.29) is 5.91 Å². The van der Waals surface area contributed by atoms with Gasteiger partial charge < -0.3 is 9.88 Å². The number of nitrogens with one attached hydrogen (secondary N) is 1. The Balaban J connectivity index is 1.68. The van der Waals surface area contributed by atoms with Crippen LogP contribution in [-0.4, -0.2) is 54.7 Å². The zero-order chi connectivity index (χ0) is 18.0. The number of benzene rings is 1. The van der Waals surface area contributed by atoms with Gasteiger partial charge in [0, 0.05) is 32.4 Å². The highest BCUT2D eigenvalue weighted by atomic mass is 32.2. The molecule has 0 unspecified atom stereocenters. The number of rotatable bonds is 4. The lowest BCUT2D eigenvalue weighted by molar-refractivity contribution is 0.0692. The molecule has 0 atom stereocenters. The number of hydrogen-bond acceptors (Lipinski definition) is 3. The number of hydrogen-bond donors (Lipinski definition) is 1. The van der Waals surface area contributed by atoms with Crippen molar-refractivity contribution in [2.75, 3.05) is 26.2 Å². The Morgan fingerprint density at radius 2 is 1.68 bits per heavy atom. The third-order valence-electron chi connectivity index (χ3n) is 4.54. The Bertz CT molecular complexity index is 819. The second-order valence-corrected chi connectivity index (χ2v) is 8.44. The summed E-state index contributed by atoms with van der Waals surface area (Å²) in [5.74, 6) is 0.266. The van der Waals surface area contributed by atoms with Gasteiger partial charge >= 0.3 is 0 Å². The van der Waals surface area contributed by atoms with Crippen LogP contribution in [0.25, 0.3) is 0 Å². The van der Waals surface area contributed by atoms with Gasteiger partial charge in [-0.05, 0) is 35.7 Å². The Labute approximate surface area is 148 Å². The van der Waals surface area contributed by atoms with Gasteiger partial charge in [0.05, 0.1) is 4.90 Å². The maximum atomic E-state index is 12.8. The highest BCUT2D eigenvalue weighted by molar-refractivity contribution is 7.89. The van der Waals surface area contributed by atoms with Crippen molar-refractivity contribution in [2.45, 2.75) is 24.7 Å². The molecule has 0 spiro atoms. The van der Waals surface area contributed by atoms with Crippen molar-refractivity contribution in [2.24, 2.45) is 0 Å².